The number of ether oxygens (including phenoxy) is 1. The van der Waals surface area contributed by atoms with Gasteiger partial charge in [0.15, 0.2) is 11.6 Å². The zero-order valence-electron chi connectivity index (χ0n) is 11.7. The lowest BCUT2D eigenvalue weighted by Crippen LogP contribution is -2.08. The lowest BCUT2D eigenvalue weighted by molar-refractivity contribution is 0.387. The van der Waals surface area contributed by atoms with E-state index in [2.05, 4.69) is 17.2 Å². The molecule has 3 N–H and O–H groups in total. The summed E-state index contributed by atoms with van der Waals surface area (Å²) in [6, 6.07) is 2.82. The third-order valence-corrected chi connectivity index (χ3v) is 4.31. The average molecular weight is 295 g/mol. The van der Waals surface area contributed by atoms with Crippen LogP contribution in [0.15, 0.2) is 18.3 Å². The van der Waals surface area contributed by atoms with Crippen molar-refractivity contribution in [2.45, 2.75) is 26.3 Å². The van der Waals surface area contributed by atoms with Gasteiger partial charge < -0.3 is 15.8 Å². The number of anilines is 2. The zero-order valence-corrected chi connectivity index (χ0v) is 12.6. The molecule has 0 amide bonds. The van der Waals surface area contributed by atoms with Gasteiger partial charge in [-0.1, -0.05) is 6.92 Å². The third kappa shape index (κ3) is 3.01. The third-order valence-electron chi connectivity index (χ3n) is 2.99. The maximum Gasteiger partial charge on any atom is 0.167 e. The van der Waals surface area contributed by atoms with Gasteiger partial charge in [0.1, 0.15) is 5.01 Å². The van der Waals surface area contributed by atoms with Crippen molar-refractivity contribution in [3.8, 4) is 5.75 Å². The predicted octanol–water partition coefficient (Wildman–Crippen LogP) is 3.61. The van der Waals surface area contributed by atoms with Crippen molar-refractivity contribution in [1.82, 2.24) is 4.98 Å². The molecule has 0 aliphatic rings. The molecule has 0 aliphatic heterocycles. The fourth-order valence-electron chi connectivity index (χ4n) is 1.83. The Morgan fingerprint density at radius 1 is 1.50 bits per heavy atom. The fraction of sp³-hybridized carbons (Fsp3) is 0.357. The largest absolute Gasteiger partial charge is 0.494 e. The molecule has 1 aromatic heterocycles. The number of thiazole rings is 1. The summed E-state index contributed by atoms with van der Waals surface area (Å²) in [5.74, 6) is -0.298. The molecule has 0 saturated carbocycles. The molecular formula is C14H18FN3OS. The second-order valence-electron chi connectivity index (χ2n) is 4.46. The number of hydrogen-bond acceptors (Lipinski definition) is 5. The summed E-state index contributed by atoms with van der Waals surface area (Å²) in [4.78, 5) is 5.62. The minimum Gasteiger partial charge on any atom is -0.494 e. The van der Waals surface area contributed by atoms with E-state index in [9.17, 15) is 4.39 Å². The molecule has 20 heavy (non-hydrogen) atoms. The molecule has 108 valence electrons. The SMILES string of the molecule is CCc1cnc(C(C)Nc2cc(OC)c(F)cc2N)s1. The molecule has 2 rings (SSSR count). The Hall–Kier alpha value is -1.82. The molecule has 6 heteroatoms. The molecule has 0 fully saturated rings. The first-order chi connectivity index (χ1) is 9.55. The number of nitrogens with one attached hydrogen (secondary N) is 1. The van der Waals surface area contributed by atoms with E-state index in [1.807, 2.05) is 13.1 Å². The molecule has 0 bridgehead atoms. The number of aryl methyl sites for hydroxylation is 1. The summed E-state index contributed by atoms with van der Waals surface area (Å²) in [5, 5.41) is 4.22. The summed E-state index contributed by atoms with van der Waals surface area (Å²) in [6.07, 6.45) is 2.85. The van der Waals surface area contributed by atoms with E-state index >= 15 is 0 Å². The van der Waals surface area contributed by atoms with Gasteiger partial charge in [-0.25, -0.2) is 9.37 Å². The van der Waals surface area contributed by atoms with Gasteiger partial charge in [-0.15, -0.1) is 11.3 Å². The number of rotatable bonds is 5. The van der Waals surface area contributed by atoms with Crippen LogP contribution in [0.1, 0.15) is 29.8 Å². The number of nitrogens with two attached hydrogens (primary N) is 1. The van der Waals surface area contributed by atoms with Gasteiger partial charge in [0.25, 0.3) is 0 Å². The van der Waals surface area contributed by atoms with Crippen LogP contribution < -0.4 is 15.8 Å². The summed E-state index contributed by atoms with van der Waals surface area (Å²) in [6.45, 7) is 4.09. The highest BCUT2D eigenvalue weighted by atomic mass is 32.1. The molecule has 1 unspecified atom stereocenters. The zero-order chi connectivity index (χ0) is 14.7. The second-order valence-corrected chi connectivity index (χ2v) is 5.61. The first-order valence-electron chi connectivity index (χ1n) is 6.39. The van der Waals surface area contributed by atoms with Crippen molar-refractivity contribution in [3.05, 3.63) is 34.0 Å². The van der Waals surface area contributed by atoms with Crippen LogP contribution in [0.25, 0.3) is 0 Å². The number of benzene rings is 1. The predicted molar refractivity (Wildman–Crippen MR) is 80.9 cm³/mol. The number of halogens is 1. The number of nitrogens with zero attached hydrogens (tertiary/aromatic N) is 1. The molecule has 1 heterocycles. The minimum absolute atomic E-state index is 0.00207. The molecule has 1 atom stereocenters. The van der Waals surface area contributed by atoms with Gasteiger partial charge in [0, 0.05) is 23.2 Å². The lowest BCUT2D eigenvalue weighted by atomic mass is 10.2. The molecule has 4 nitrogen and oxygen atoms in total. The summed E-state index contributed by atoms with van der Waals surface area (Å²) < 4.78 is 18.5. The quantitative estimate of drug-likeness (QED) is 0.827. The normalized spacial score (nSPS) is 12.2. The Labute approximate surface area is 121 Å². The van der Waals surface area contributed by atoms with Gasteiger partial charge in [-0.05, 0) is 13.3 Å². The van der Waals surface area contributed by atoms with Crippen LogP contribution in [0.5, 0.6) is 5.75 Å². The average Bonchev–Trinajstić information content (AvgIpc) is 2.90. The first kappa shape index (κ1) is 14.6. The van der Waals surface area contributed by atoms with Gasteiger partial charge in [-0.3, -0.25) is 0 Å². The Kier molecular flexibility index (Phi) is 4.44. The van der Waals surface area contributed by atoms with E-state index in [4.69, 9.17) is 10.5 Å². The van der Waals surface area contributed by atoms with Crippen LogP contribution in [0.4, 0.5) is 15.8 Å². The molecule has 0 saturated heterocycles. The van der Waals surface area contributed by atoms with E-state index in [-0.39, 0.29) is 11.8 Å². The lowest BCUT2D eigenvalue weighted by Gasteiger charge is -2.16. The van der Waals surface area contributed by atoms with Gasteiger partial charge >= 0.3 is 0 Å². The number of hydrogen-bond donors (Lipinski definition) is 2. The van der Waals surface area contributed by atoms with Crippen molar-refractivity contribution >= 4 is 22.7 Å². The van der Waals surface area contributed by atoms with Crippen LogP contribution in [0.2, 0.25) is 0 Å². The van der Waals surface area contributed by atoms with Crippen LogP contribution in [0.3, 0.4) is 0 Å². The maximum absolute atomic E-state index is 13.5. The highest BCUT2D eigenvalue weighted by Gasteiger charge is 2.14. The molecular weight excluding hydrogens is 277 g/mol. The molecule has 0 aliphatic carbocycles. The van der Waals surface area contributed by atoms with Crippen LogP contribution in [-0.2, 0) is 6.42 Å². The maximum atomic E-state index is 13.5. The molecule has 0 spiro atoms. The summed E-state index contributed by atoms with van der Waals surface area (Å²) >= 11 is 1.66. The highest BCUT2D eigenvalue weighted by molar-refractivity contribution is 7.11. The van der Waals surface area contributed by atoms with Crippen LogP contribution in [0, 0.1) is 5.82 Å². The van der Waals surface area contributed by atoms with Crippen LogP contribution in [-0.4, -0.2) is 12.1 Å². The Morgan fingerprint density at radius 3 is 2.85 bits per heavy atom. The highest BCUT2D eigenvalue weighted by Crippen LogP contribution is 2.31. The van der Waals surface area contributed by atoms with E-state index in [1.165, 1.54) is 18.1 Å². The van der Waals surface area contributed by atoms with E-state index in [0.717, 1.165) is 11.4 Å². The van der Waals surface area contributed by atoms with Crippen molar-refractivity contribution in [2.24, 2.45) is 0 Å². The molecule has 0 radical (unpaired) electrons. The van der Waals surface area contributed by atoms with E-state index in [0.29, 0.717) is 11.4 Å². The Balaban J connectivity index is 2.20. The standard InChI is InChI=1S/C14H18FN3OS/c1-4-9-7-17-14(20-9)8(2)18-12-6-13(19-3)10(15)5-11(12)16/h5-8,18H,4,16H2,1-3H3. The monoisotopic (exact) mass is 295 g/mol. The number of nitrogen functional groups attached to an aromatic ring is 1. The van der Waals surface area contributed by atoms with E-state index in [1.54, 1.807) is 17.4 Å². The van der Waals surface area contributed by atoms with Crippen molar-refractivity contribution in [3.63, 3.8) is 0 Å². The van der Waals surface area contributed by atoms with Crippen molar-refractivity contribution in [2.75, 3.05) is 18.2 Å². The topological polar surface area (TPSA) is 60.2 Å². The van der Waals surface area contributed by atoms with Gasteiger partial charge in [-0.2, -0.15) is 0 Å². The summed E-state index contributed by atoms with van der Waals surface area (Å²) in [5.41, 5.74) is 6.82. The van der Waals surface area contributed by atoms with Gasteiger partial charge in [0.05, 0.1) is 24.5 Å². The first-order valence-corrected chi connectivity index (χ1v) is 7.21. The Morgan fingerprint density at radius 2 is 2.25 bits per heavy atom. The molecule has 2 aromatic rings. The smallest absolute Gasteiger partial charge is 0.167 e. The molecule has 1 aromatic carbocycles. The van der Waals surface area contributed by atoms with Crippen molar-refractivity contribution in [1.29, 1.82) is 0 Å². The second kappa shape index (κ2) is 6.09. The Bertz CT molecular complexity index is 600. The van der Waals surface area contributed by atoms with E-state index < -0.39 is 5.82 Å². The number of aromatic nitrogens is 1. The van der Waals surface area contributed by atoms with Crippen LogP contribution >= 0.6 is 11.3 Å². The fourth-order valence-corrected chi connectivity index (χ4v) is 2.69. The summed E-state index contributed by atoms with van der Waals surface area (Å²) in [7, 11) is 1.43. The number of methoxy groups -OCH3 is 1. The minimum atomic E-state index is -0.467. The van der Waals surface area contributed by atoms with Crippen molar-refractivity contribution < 1.29 is 9.13 Å². The van der Waals surface area contributed by atoms with Gasteiger partial charge in [0.2, 0.25) is 0 Å².